The molecule has 1 saturated heterocycles. The Labute approximate surface area is 144 Å². The van der Waals surface area contributed by atoms with E-state index in [1.54, 1.807) is 0 Å². The molecule has 0 atom stereocenters. The molecule has 0 aromatic rings. The molecule has 3 amide bonds. The van der Waals surface area contributed by atoms with Crippen molar-refractivity contribution in [1.29, 1.82) is 0 Å². The summed E-state index contributed by atoms with van der Waals surface area (Å²) in [4.78, 5) is 27.4. The molecular formula is C18H32N4O2+2. The van der Waals surface area contributed by atoms with Crippen molar-refractivity contribution < 1.29 is 19.4 Å². The normalized spacial score (nSPS) is 43.5. The predicted molar refractivity (Wildman–Crippen MR) is 89.8 cm³/mol. The van der Waals surface area contributed by atoms with E-state index in [-0.39, 0.29) is 17.5 Å². The van der Waals surface area contributed by atoms with Crippen LogP contribution in [0.15, 0.2) is 0 Å². The molecule has 4 aliphatic carbocycles. The van der Waals surface area contributed by atoms with E-state index in [4.69, 9.17) is 0 Å². The molecule has 4 saturated carbocycles. The van der Waals surface area contributed by atoms with E-state index in [9.17, 15) is 9.59 Å². The van der Waals surface area contributed by atoms with Crippen LogP contribution in [0.1, 0.15) is 38.5 Å². The third kappa shape index (κ3) is 3.45. The SMILES string of the molecule is C[NH+]1CC[NH+](CC(=O)NC(=O)NC23CC4CC(CC(C4)C2)C3)CC1. The van der Waals surface area contributed by atoms with Crippen molar-refractivity contribution in [2.75, 3.05) is 39.8 Å². The van der Waals surface area contributed by atoms with Crippen LogP contribution in [0, 0.1) is 17.8 Å². The molecule has 0 spiro atoms. The quantitative estimate of drug-likeness (QED) is 0.491. The van der Waals surface area contributed by atoms with E-state index in [1.165, 1.54) is 29.1 Å². The molecule has 5 aliphatic rings. The number of rotatable bonds is 3. The first kappa shape index (κ1) is 16.3. The van der Waals surface area contributed by atoms with Crippen molar-refractivity contribution in [3.63, 3.8) is 0 Å². The van der Waals surface area contributed by atoms with Gasteiger partial charge in [-0.05, 0) is 56.3 Å². The standard InChI is InChI=1S/C18H30N4O2/c1-21-2-4-22(5-3-21)12-16(23)19-17(24)20-18-9-13-6-14(10-18)8-15(7-13)11-18/h13-15H,2-12H2,1H3,(H2,19,20,23,24)/p+2. The molecule has 4 bridgehead atoms. The lowest BCUT2D eigenvalue weighted by Crippen LogP contribution is -3.27. The van der Waals surface area contributed by atoms with Gasteiger partial charge in [-0.2, -0.15) is 0 Å². The number of likely N-dealkylation sites (N-methyl/N-ethyl adjacent to an activating group) is 1. The van der Waals surface area contributed by atoms with Gasteiger partial charge < -0.3 is 15.1 Å². The van der Waals surface area contributed by atoms with Gasteiger partial charge in [-0.3, -0.25) is 10.1 Å². The molecule has 0 aromatic heterocycles. The van der Waals surface area contributed by atoms with Gasteiger partial charge in [0.2, 0.25) is 0 Å². The first-order chi connectivity index (χ1) is 11.5. The highest BCUT2D eigenvalue weighted by atomic mass is 16.2. The third-order valence-corrected chi connectivity index (χ3v) is 6.89. The molecule has 0 radical (unpaired) electrons. The Balaban J connectivity index is 1.27. The van der Waals surface area contributed by atoms with E-state index in [0.29, 0.717) is 6.54 Å². The maximum absolute atomic E-state index is 12.4. The summed E-state index contributed by atoms with van der Waals surface area (Å²) in [6.45, 7) is 4.64. The average Bonchev–Trinajstić information content (AvgIpc) is 2.47. The van der Waals surface area contributed by atoms with Crippen LogP contribution < -0.4 is 20.4 Å². The van der Waals surface area contributed by atoms with Gasteiger partial charge in [0.15, 0.2) is 6.54 Å². The second-order valence-corrected chi connectivity index (χ2v) is 9.08. The molecule has 0 aromatic carbocycles. The van der Waals surface area contributed by atoms with Gasteiger partial charge in [0, 0.05) is 5.54 Å². The number of piperazine rings is 1. The van der Waals surface area contributed by atoms with E-state index < -0.39 is 0 Å². The predicted octanol–water partition coefficient (Wildman–Crippen LogP) is -1.81. The lowest BCUT2D eigenvalue weighted by atomic mass is 9.53. The van der Waals surface area contributed by atoms with Gasteiger partial charge in [0.25, 0.3) is 5.91 Å². The fourth-order valence-corrected chi connectivity index (χ4v) is 6.14. The molecule has 4 N–H and O–H groups in total. The van der Waals surface area contributed by atoms with Crippen LogP contribution in [-0.4, -0.2) is 57.2 Å². The maximum Gasteiger partial charge on any atom is 0.322 e. The van der Waals surface area contributed by atoms with Crippen LogP contribution in [0.4, 0.5) is 4.79 Å². The molecule has 0 unspecified atom stereocenters. The van der Waals surface area contributed by atoms with Gasteiger partial charge in [-0.15, -0.1) is 0 Å². The van der Waals surface area contributed by atoms with Gasteiger partial charge in [0.1, 0.15) is 26.2 Å². The van der Waals surface area contributed by atoms with Crippen molar-refractivity contribution in [3.8, 4) is 0 Å². The van der Waals surface area contributed by atoms with E-state index in [0.717, 1.165) is 63.2 Å². The van der Waals surface area contributed by atoms with Gasteiger partial charge >= 0.3 is 6.03 Å². The number of carbonyl (C=O) groups excluding carboxylic acids is 2. The summed E-state index contributed by atoms with van der Waals surface area (Å²) in [7, 11) is 2.19. The highest BCUT2D eigenvalue weighted by molar-refractivity contribution is 5.95. The molecule has 1 heterocycles. The molecule has 6 heteroatoms. The molecule has 6 nitrogen and oxygen atoms in total. The first-order valence-electron chi connectivity index (χ1n) is 9.76. The summed E-state index contributed by atoms with van der Waals surface area (Å²) < 4.78 is 0. The van der Waals surface area contributed by atoms with Crippen molar-refractivity contribution in [2.45, 2.75) is 44.1 Å². The topological polar surface area (TPSA) is 67.1 Å². The minimum atomic E-state index is -0.263. The fourth-order valence-electron chi connectivity index (χ4n) is 6.14. The molecule has 134 valence electrons. The zero-order chi connectivity index (χ0) is 16.7. The number of nitrogens with one attached hydrogen (secondary N) is 4. The molecule has 5 fully saturated rings. The molecule has 5 rings (SSSR count). The minimum absolute atomic E-state index is 0.0246. The first-order valence-corrected chi connectivity index (χ1v) is 9.76. The number of urea groups is 1. The number of hydrogen-bond donors (Lipinski definition) is 4. The van der Waals surface area contributed by atoms with Crippen LogP contribution in [0.2, 0.25) is 0 Å². The Kier molecular flexibility index (Phi) is 4.29. The van der Waals surface area contributed by atoms with Crippen molar-refractivity contribution >= 4 is 11.9 Å². The number of hydrogen-bond acceptors (Lipinski definition) is 2. The largest absolute Gasteiger partial charge is 0.332 e. The van der Waals surface area contributed by atoms with E-state index in [1.807, 2.05) is 0 Å². The van der Waals surface area contributed by atoms with E-state index >= 15 is 0 Å². The zero-order valence-electron chi connectivity index (χ0n) is 14.8. The lowest BCUT2D eigenvalue weighted by Gasteiger charge is -2.56. The highest BCUT2D eigenvalue weighted by Gasteiger charge is 2.51. The maximum atomic E-state index is 12.4. The van der Waals surface area contributed by atoms with Crippen LogP contribution in [-0.2, 0) is 4.79 Å². The van der Waals surface area contributed by atoms with Gasteiger partial charge in [-0.1, -0.05) is 0 Å². The van der Waals surface area contributed by atoms with Crippen LogP contribution in [0.5, 0.6) is 0 Å². The van der Waals surface area contributed by atoms with Crippen LogP contribution in [0.3, 0.4) is 0 Å². The highest BCUT2D eigenvalue weighted by Crippen LogP contribution is 2.55. The molecule has 1 aliphatic heterocycles. The second kappa shape index (κ2) is 6.30. The Morgan fingerprint density at radius 2 is 1.50 bits per heavy atom. The smallest absolute Gasteiger partial charge is 0.322 e. The summed E-state index contributed by atoms with van der Waals surface area (Å²) in [5.41, 5.74) is -0.0246. The third-order valence-electron chi connectivity index (χ3n) is 6.89. The zero-order valence-corrected chi connectivity index (χ0v) is 14.8. The summed E-state index contributed by atoms with van der Waals surface area (Å²) in [6.07, 6.45) is 7.43. The average molecular weight is 336 g/mol. The van der Waals surface area contributed by atoms with Crippen LogP contribution in [0.25, 0.3) is 0 Å². The summed E-state index contributed by atoms with van der Waals surface area (Å²) in [6, 6.07) is -0.263. The molecule has 24 heavy (non-hydrogen) atoms. The number of carbonyl (C=O) groups is 2. The molecular weight excluding hydrogens is 304 g/mol. The Morgan fingerprint density at radius 1 is 0.958 bits per heavy atom. The van der Waals surface area contributed by atoms with E-state index in [2.05, 4.69) is 17.7 Å². The van der Waals surface area contributed by atoms with Gasteiger partial charge in [0.05, 0.1) is 7.05 Å². The number of amides is 3. The fraction of sp³-hybridized carbons (Fsp3) is 0.889. The van der Waals surface area contributed by atoms with Crippen molar-refractivity contribution in [1.82, 2.24) is 10.6 Å². The number of quaternary nitrogens is 2. The Morgan fingerprint density at radius 3 is 2.04 bits per heavy atom. The van der Waals surface area contributed by atoms with Crippen molar-refractivity contribution in [2.24, 2.45) is 17.8 Å². The van der Waals surface area contributed by atoms with Crippen LogP contribution >= 0.6 is 0 Å². The summed E-state index contributed by atoms with van der Waals surface area (Å²) in [5.74, 6) is 2.25. The Hall–Kier alpha value is -1.14. The van der Waals surface area contributed by atoms with Crippen molar-refractivity contribution in [3.05, 3.63) is 0 Å². The Bertz CT molecular complexity index is 478. The van der Waals surface area contributed by atoms with Gasteiger partial charge in [-0.25, -0.2) is 4.79 Å². The summed E-state index contributed by atoms with van der Waals surface area (Å²) in [5, 5.41) is 5.81. The monoisotopic (exact) mass is 336 g/mol. The lowest BCUT2D eigenvalue weighted by molar-refractivity contribution is -1.000. The summed E-state index contributed by atoms with van der Waals surface area (Å²) >= 11 is 0. The number of imide groups is 1. The second-order valence-electron chi connectivity index (χ2n) is 9.08. The minimum Gasteiger partial charge on any atom is -0.332 e.